The van der Waals surface area contributed by atoms with Crippen LogP contribution in [0.3, 0.4) is 0 Å². The lowest BCUT2D eigenvalue weighted by molar-refractivity contribution is -0.245. The SMILES string of the molecule is Cn1nnnc1SC[C@@H]1C[C@H](c2ccc(CO)cc2)O[C@H](c2ccc(CNC(=O)NCc3ccccc3)cc2)O1. The van der Waals surface area contributed by atoms with Gasteiger partial charge in [-0.1, -0.05) is 90.6 Å². The summed E-state index contributed by atoms with van der Waals surface area (Å²) in [5.41, 5.74) is 4.79. The zero-order valence-electron chi connectivity index (χ0n) is 22.1. The zero-order chi connectivity index (χ0) is 27.7. The van der Waals surface area contributed by atoms with Crippen LogP contribution < -0.4 is 10.6 Å². The van der Waals surface area contributed by atoms with Crippen LogP contribution in [-0.2, 0) is 36.2 Å². The lowest BCUT2D eigenvalue weighted by Gasteiger charge is -2.36. The third kappa shape index (κ3) is 7.45. The van der Waals surface area contributed by atoms with E-state index in [0.717, 1.165) is 33.0 Å². The number of hydrogen-bond donors (Lipinski definition) is 3. The van der Waals surface area contributed by atoms with Crippen molar-refractivity contribution in [3.05, 3.63) is 107 Å². The highest BCUT2D eigenvalue weighted by Gasteiger charge is 2.32. The molecule has 4 aromatic rings. The van der Waals surface area contributed by atoms with Gasteiger partial charge in [0.25, 0.3) is 0 Å². The maximum atomic E-state index is 12.2. The van der Waals surface area contributed by atoms with Gasteiger partial charge in [0.05, 0.1) is 18.8 Å². The second-order valence-corrected chi connectivity index (χ2v) is 10.5. The quantitative estimate of drug-likeness (QED) is 0.248. The molecule has 3 atom stereocenters. The maximum Gasteiger partial charge on any atom is 0.315 e. The van der Waals surface area contributed by atoms with Crippen molar-refractivity contribution in [1.82, 2.24) is 30.8 Å². The summed E-state index contributed by atoms with van der Waals surface area (Å²) in [6, 6.07) is 25.2. The summed E-state index contributed by atoms with van der Waals surface area (Å²) >= 11 is 1.54. The highest BCUT2D eigenvalue weighted by Crippen LogP contribution is 2.39. The van der Waals surface area contributed by atoms with Gasteiger partial charge in [-0.15, -0.1) is 5.10 Å². The fourth-order valence-corrected chi connectivity index (χ4v) is 5.22. The Labute approximate surface area is 237 Å². The van der Waals surface area contributed by atoms with Gasteiger partial charge < -0.3 is 25.2 Å². The molecule has 3 N–H and O–H groups in total. The summed E-state index contributed by atoms with van der Waals surface area (Å²) < 4.78 is 14.4. The molecule has 3 aromatic carbocycles. The van der Waals surface area contributed by atoms with E-state index in [0.29, 0.717) is 25.3 Å². The van der Waals surface area contributed by atoms with Crippen molar-refractivity contribution in [2.75, 3.05) is 5.75 Å². The lowest BCUT2D eigenvalue weighted by Crippen LogP contribution is -2.34. The fraction of sp³-hybridized carbons (Fsp3) is 0.310. The van der Waals surface area contributed by atoms with Crippen LogP contribution in [-0.4, -0.2) is 43.2 Å². The first-order chi connectivity index (χ1) is 19.6. The summed E-state index contributed by atoms with van der Waals surface area (Å²) in [6.07, 6.45) is -0.162. The number of carbonyl (C=O) groups is 1. The molecule has 0 spiro atoms. The van der Waals surface area contributed by atoms with E-state index in [2.05, 4.69) is 26.2 Å². The van der Waals surface area contributed by atoms with E-state index in [-0.39, 0.29) is 24.8 Å². The second-order valence-electron chi connectivity index (χ2n) is 9.51. The topological polar surface area (TPSA) is 123 Å². The van der Waals surface area contributed by atoms with Crippen LogP contribution in [0.4, 0.5) is 4.79 Å². The summed E-state index contributed by atoms with van der Waals surface area (Å²) in [6.45, 7) is 0.870. The van der Waals surface area contributed by atoms with Crippen LogP contribution in [0.5, 0.6) is 0 Å². The molecule has 1 aromatic heterocycles. The zero-order valence-corrected chi connectivity index (χ0v) is 23.0. The van der Waals surface area contributed by atoms with Crippen LogP contribution in [0.2, 0.25) is 0 Å². The summed E-state index contributed by atoms with van der Waals surface area (Å²) in [7, 11) is 1.81. The fourth-order valence-electron chi connectivity index (χ4n) is 4.35. The minimum Gasteiger partial charge on any atom is -0.392 e. The Morgan fingerprint density at radius 1 is 0.925 bits per heavy atom. The number of hydrogen-bond acceptors (Lipinski definition) is 8. The smallest absolute Gasteiger partial charge is 0.315 e. The number of aliphatic hydroxyl groups is 1. The molecule has 1 fully saturated rings. The predicted octanol–water partition coefficient (Wildman–Crippen LogP) is 4.04. The standard InChI is InChI=1S/C29H32N6O4S/c1-35-29(32-33-34-35)40-19-25-15-26(23-11-9-22(18-36)10-12-23)39-27(38-25)24-13-7-21(8-14-24)17-31-28(37)30-16-20-5-3-2-4-6-20/h2-14,25-27,36H,15-19H2,1H3,(H2,30,31,37)/t25-,26+,27+/m0/s1. The van der Waals surface area contributed by atoms with Crippen LogP contribution in [0, 0.1) is 0 Å². The van der Waals surface area contributed by atoms with E-state index in [1.807, 2.05) is 85.9 Å². The number of ether oxygens (including phenoxy) is 2. The molecule has 0 unspecified atom stereocenters. The summed E-state index contributed by atoms with van der Waals surface area (Å²) in [4.78, 5) is 12.2. The van der Waals surface area contributed by atoms with Gasteiger partial charge in [-0.05, 0) is 32.7 Å². The van der Waals surface area contributed by atoms with E-state index in [1.54, 1.807) is 16.4 Å². The number of amides is 2. The number of tetrazole rings is 1. The molecule has 208 valence electrons. The van der Waals surface area contributed by atoms with Crippen LogP contribution in [0.15, 0.2) is 84.0 Å². The predicted molar refractivity (Wildman–Crippen MR) is 150 cm³/mol. The van der Waals surface area contributed by atoms with Gasteiger partial charge in [0.1, 0.15) is 0 Å². The molecule has 2 heterocycles. The molecule has 0 aliphatic carbocycles. The van der Waals surface area contributed by atoms with Gasteiger partial charge in [-0.25, -0.2) is 9.48 Å². The first-order valence-electron chi connectivity index (χ1n) is 13.1. The number of benzene rings is 3. The maximum absolute atomic E-state index is 12.2. The van der Waals surface area contributed by atoms with E-state index in [4.69, 9.17) is 9.47 Å². The summed E-state index contributed by atoms with van der Waals surface area (Å²) in [5.74, 6) is 0.666. The number of aliphatic hydroxyl groups excluding tert-OH is 1. The average molecular weight is 561 g/mol. The van der Waals surface area contributed by atoms with E-state index >= 15 is 0 Å². The minimum atomic E-state index is -0.560. The number of nitrogens with one attached hydrogen (secondary N) is 2. The highest BCUT2D eigenvalue weighted by molar-refractivity contribution is 7.99. The first kappa shape index (κ1) is 27.8. The van der Waals surface area contributed by atoms with E-state index in [9.17, 15) is 9.90 Å². The average Bonchev–Trinajstić information content (AvgIpc) is 3.43. The normalized spacial score (nSPS) is 18.8. The minimum absolute atomic E-state index is 0.00156. The third-order valence-electron chi connectivity index (χ3n) is 6.60. The van der Waals surface area contributed by atoms with E-state index < -0.39 is 6.29 Å². The van der Waals surface area contributed by atoms with Gasteiger partial charge in [-0.3, -0.25) is 0 Å². The molecule has 1 aliphatic heterocycles. The molecule has 11 heteroatoms. The van der Waals surface area contributed by atoms with Gasteiger partial charge >= 0.3 is 6.03 Å². The molecular weight excluding hydrogens is 528 g/mol. The highest BCUT2D eigenvalue weighted by atomic mass is 32.2. The Kier molecular flexibility index (Phi) is 9.40. The van der Waals surface area contributed by atoms with Gasteiger partial charge in [0.15, 0.2) is 6.29 Å². The van der Waals surface area contributed by atoms with Crippen LogP contribution in [0.1, 0.15) is 46.6 Å². The number of rotatable bonds is 10. The number of urea groups is 1. The van der Waals surface area contributed by atoms with Gasteiger partial charge in [0, 0.05) is 37.9 Å². The molecule has 0 radical (unpaired) electrons. The Morgan fingerprint density at radius 2 is 1.57 bits per heavy atom. The lowest BCUT2D eigenvalue weighted by atomic mass is 10.0. The number of thioether (sulfide) groups is 1. The van der Waals surface area contributed by atoms with Crippen molar-refractivity contribution in [1.29, 1.82) is 0 Å². The van der Waals surface area contributed by atoms with Crippen molar-refractivity contribution >= 4 is 17.8 Å². The van der Waals surface area contributed by atoms with Crippen molar-refractivity contribution in [2.24, 2.45) is 7.05 Å². The molecule has 10 nitrogen and oxygen atoms in total. The van der Waals surface area contributed by atoms with Crippen molar-refractivity contribution in [3.63, 3.8) is 0 Å². The monoisotopic (exact) mass is 560 g/mol. The van der Waals surface area contributed by atoms with E-state index in [1.165, 1.54) is 0 Å². The van der Waals surface area contributed by atoms with Crippen LogP contribution in [0.25, 0.3) is 0 Å². The Bertz CT molecular complexity index is 1370. The van der Waals surface area contributed by atoms with Crippen LogP contribution >= 0.6 is 11.8 Å². The first-order valence-corrected chi connectivity index (χ1v) is 14.1. The van der Waals surface area contributed by atoms with Crippen molar-refractivity contribution < 1.29 is 19.4 Å². The Morgan fingerprint density at radius 3 is 2.23 bits per heavy atom. The van der Waals surface area contributed by atoms with Gasteiger partial charge in [-0.2, -0.15) is 0 Å². The number of aromatic nitrogens is 4. The van der Waals surface area contributed by atoms with Crippen molar-refractivity contribution in [3.8, 4) is 0 Å². The molecule has 40 heavy (non-hydrogen) atoms. The third-order valence-corrected chi connectivity index (χ3v) is 7.74. The number of carbonyl (C=O) groups excluding carboxylic acids is 1. The molecular formula is C29H32N6O4S. The molecule has 1 saturated heterocycles. The number of aryl methyl sites for hydroxylation is 1. The Balaban J connectivity index is 1.21. The molecule has 1 aliphatic rings. The molecule has 2 amide bonds. The summed E-state index contributed by atoms with van der Waals surface area (Å²) in [5, 5.41) is 27.6. The number of nitrogens with zero attached hydrogens (tertiary/aromatic N) is 4. The second kappa shape index (κ2) is 13.5. The molecule has 5 rings (SSSR count). The molecule has 0 saturated carbocycles. The van der Waals surface area contributed by atoms with Gasteiger partial charge in [0.2, 0.25) is 5.16 Å². The molecule has 0 bridgehead atoms. The largest absolute Gasteiger partial charge is 0.392 e. The van der Waals surface area contributed by atoms with Crippen molar-refractivity contribution in [2.45, 2.75) is 49.8 Å². The Hall–Kier alpha value is -3.77.